The highest BCUT2D eigenvalue weighted by molar-refractivity contribution is 4.78. The van der Waals surface area contributed by atoms with Gasteiger partial charge in [-0.05, 0) is 44.7 Å². The predicted molar refractivity (Wildman–Crippen MR) is 63.5 cm³/mol. The Morgan fingerprint density at radius 1 is 1.21 bits per heavy atom. The lowest BCUT2D eigenvalue weighted by atomic mass is 9.92. The minimum absolute atomic E-state index is 0.820. The van der Waals surface area contributed by atoms with Gasteiger partial charge in [-0.2, -0.15) is 0 Å². The third-order valence-electron chi connectivity index (χ3n) is 3.79. The minimum Gasteiger partial charge on any atom is -0.303 e. The first kappa shape index (κ1) is 12.0. The van der Waals surface area contributed by atoms with Crippen LogP contribution in [0.1, 0.15) is 52.9 Å². The Labute approximate surface area is 89.9 Å². The lowest BCUT2D eigenvalue weighted by Gasteiger charge is -2.28. The van der Waals surface area contributed by atoms with Crippen LogP contribution >= 0.6 is 0 Å². The van der Waals surface area contributed by atoms with Gasteiger partial charge in [-0.3, -0.25) is 0 Å². The quantitative estimate of drug-likeness (QED) is 0.669. The summed E-state index contributed by atoms with van der Waals surface area (Å²) in [5.74, 6) is 1.83. The normalized spacial score (nSPS) is 30.6. The Morgan fingerprint density at radius 2 is 1.93 bits per heavy atom. The van der Waals surface area contributed by atoms with Gasteiger partial charge in [-0.25, -0.2) is 0 Å². The van der Waals surface area contributed by atoms with E-state index in [4.69, 9.17) is 0 Å². The van der Waals surface area contributed by atoms with Crippen LogP contribution in [0.25, 0.3) is 0 Å². The second-order valence-electron chi connectivity index (χ2n) is 5.31. The number of nitrogens with zero attached hydrogens (tertiary/aromatic N) is 1. The molecule has 14 heavy (non-hydrogen) atoms. The van der Waals surface area contributed by atoms with E-state index in [2.05, 4.69) is 32.7 Å². The van der Waals surface area contributed by atoms with Crippen LogP contribution in [0.15, 0.2) is 0 Å². The van der Waals surface area contributed by atoms with Crippen molar-refractivity contribution in [2.45, 2.75) is 58.9 Å². The van der Waals surface area contributed by atoms with Gasteiger partial charge in [0.15, 0.2) is 0 Å². The third-order valence-corrected chi connectivity index (χ3v) is 3.79. The smallest absolute Gasteiger partial charge is 0.0115 e. The molecule has 0 amide bonds. The van der Waals surface area contributed by atoms with Crippen LogP contribution in [-0.2, 0) is 0 Å². The first-order valence-corrected chi connectivity index (χ1v) is 6.35. The van der Waals surface area contributed by atoms with Gasteiger partial charge in [-0.1, -0.05) is 33.6 Å². The molecule has 1 rings (SSSR count). The maximum absolute atomic E-state index is 2.58. The number of hydrogen-bond acceptors (Lipinski definition) is 1. The Hall–Kier alpha value is -0.0400. The van der Waals surface area contributed by atoms with Crippen molar-refractivity contribution in [2.24, 2.45) is 11.8 Å². The third kappa shape index (κ3) is 3.27. The van der Waals surface area contributed by atoms with Crippen LogP contribution in [0.2, 0.25) is 0 Å². The molecule has 0 aromatic heterocycles. The molecule has 0 spiro atoms. The summed E-state index contributed by atoms with van der Waals surface area (Å²) in [5, 5.41) is 0. The summed E-state index contributed by atoms with van der Waals surface area (Å²) in [6, 6.07) is 0.830. The predicted octanol–water partition coefficient (Wildman–Crippen LogP) is 3.54. The summed E-state index contributed by atoms with van der Waals surface area (Å²) in [6.07, 6.45) is 7.10. The van der Waals surface area contributed by atoms with Crippen molar-refractivity contribution < 1.29 is 0 Å². The fraction of sp³-hybridized carbons (Fsp3) is 1.00. The van der Waals surface area contributed by atoms with E-state index in [-0.39, 0.29) is 0 Å². The molecule has 1 aliphatic heterocycles. The van der Waals surface area contributed by atoms with E-state index >= 15 is 0 Å². The van der Waals surface area contributed by atoms with Crippen LogP contribution in [-0.4, -0.2) is 24.5 Å². The molecule has 1 fully saturated rings. The molecule has 0 saturated carbocycles. The van der Waals surface area contributed by atoms with Gasteiger partial charge in [0.2, 0.25) is 0 Å². The van der Waals surface area contributed by atoms with Crippen molar-refractivity contribution in [1.82, 2.24) is 4.90 Å². The summed E-state index contributed by atoms with van der Waals surface area (Å²) < 4.78 is 0. The Kier molecular flexibility index (Phi) is 4.94. The van der Waals surface area contributed by atoms with Gasteiger partial charge in [0.25, 0.3) is 0 Å². The van der Waals surface area contributed by atoms with E-state index in [1.54, 1.807) is 0 Å². The van der Waals surface area contributed by atoms with Crippen molar-refractivity contribution in [1.29, 1.82) is 0 Å². The Bertz CT molecular complexity index is 153. The van der Waals surface area contributed by atoms with Gasteiger partial charge in [0, 0.05) is 6.04 Å². The fourth-order valence-electron chi connectivity index (χ4n) is 2.86. The van der Waals surface area contributed by atoms with Gasteiger partial charge >= 0.3 is 0 Å². The second kappa shape index (κ2) is 5.75. The Morgan fingerprint density at radius 3 is 2.50 bits per heavy atom. The zero-order valence-corrected chi connectivity index (χ0v) is 10.4. The molecule has 0 unspecified atom stereocenters. The van der Waals surface area contributed by atoms with E-state index < -0.39 is 0 Å². The monoisotopic (exact) mass is 197 g/mol. The zero-order valence-electron chi connectivity index (χ0n) is 10.4. The van der Waals surface area contributed by atoms with Gasteiger partial charge in [0.1, 0.15) is 0 Å². The van der Waals surface area contributed by atoms with Gasteiger partial charge < -0.3 is 4.90 Å². The largest absolute Gasteiger partial charge is 0.303 e. The molecule has 1 aliphatic rings. The summed E-state index contributed by atoms with van der Waals surface area (Å²) in [4.78, 5) is 2.58. The van der Waals surface area contributed by atoms with Crippen LogP contribution < -0.4 is 0 Å². The van der Waals surface area contributed by atoms with Crippen molar-refractivity contribution in [2.75, 3.05) is 13.6 Å². The molecule has 0 aliphatic carbocycles. The topological polar surface area (TPSA) is 3.24 Å². The van der Waals surface area contributed by atoms with Crippen molar-refractivity contribution in [3.05, 3.63) is 0 Å². The average molecular weight is 197 g/mol. The molecule has 0 aromatic carbocycles. The van der Waals surface area contributed by atoms with E-state index in [9.17, 15) is 0 Å². The summed E-state index contributed by atoms with van der Waals surface area (Å²) in [6.45, 7) is 8.35. The molecule has 1 saturated heterocycles. The van der Waals surface area contributed by atoms with E-state index in [0.717, 1.165) is 17.9 Å². The molecule has 1 heterocycles. The molecule has 0 N–H and O–H groups in total. The van der Waals surface area contributed by atoms with E-state index in [1.165, 1.54) is 38.6 Å². The molecule has 1 nitrogen and oxygen atoms in total. The second-order valence-corrected chi connectivity index (χ2v) is 5.31. The Balaban J connectivity index is 2.45. The number of likely N-dealkylation sites (tertiary alicyclic amines) is 1. The molecular formula is C13H27N. The standard InChI is InChI=1S/C13H27N/c1-5-6-12-7-8-13(11(2)3)14(4)10-9-12/h11-13H,5-10H2,1-4H3/t12-,13-/m1/s1. The lowest BCUT2D eigenvalue weighted by Crippen LogP contribution is -2.35. The van der Waals surface area contributed by atoms with Crippen LogP contribution in [0.5, 0.6) is 0 Å². The average Bonchev–Trinajstić information content (AvgIpc) is 2.29. The molecular weight excluding hydrogens is 170 g/mol. The van der Waals surface area contributed by atoms with Gasteiger partial charge in [0.05, 0.1) is 0 Å². The molecule has 84 valence electrons. The highest BCUT2D eigenvalue weighted by Gasteiger charge is 2.24. The van der Waals surface area contributed by atoms with E-state index in [0.29, 0.717) is 0 Å². The first-order chi connectivity index (χ1) is 6.65. The zero-order chi connectivity index (χ0) is 10.6. The van der Waals surface area contributed by atoms with Crippen LogP contribution in [0.3, 0.4) is 0 Å². The number of hydrogen-bond donors (Lipinski definition) is 0. The summed E-state index contributed by atoms with van der Waals surface area (Å²) in [5.41, 5.74) is 0. The lowest BCUT2D eigenvalue weighted by molar-refractivity contribution is 0.195. The highest BCUT2D eigenvalue weighted by Crippen LogP contribution is 2.27. The highest BCUT2D eigenvalue weighted by atomic mass is 15.1. The van der Waals surface area contributed by atoms with Gasteiger partial charge in [-0.15, -0.1) is 0 Å². The first-order valence-electron chi connectivity index (χ1n) is 6.35. The van der Waals surface area contributed by atoms with Crippen molar-refractivity contribution in [3.8, 4) is 0 Å². The summed E-state index contributed by atoms with van der Waals surface area (Å²) >= 11 is 0. The van der Waals surface area contributed by atoms with Crippen LogP contribution in [0, 0.1) is 11.8 Å². The van der Waals surface area contributed by atoms with Crippen molar-refractivity contribution in [3.63, 3.8) is 0 Å². The molecule has 0 aromatic rings. The van der Waals surface area contributed by atoms with Crippen LogP contribution in [0.4, 0.5) is 0 Å². The number of rotatable bonds is 3. The molecule has 0 bridgehead atoms. The minimum atomic E-state index is 0.820. The van der Waals surface area contributed by atoms with E-state index in [1.807, 2.05) is 0 Å². The molecule has 1 heteroatoms. The van der Waals surface area contributed by atoms with Crippen molar-refractivity contribution >= 4 is 0 Å². The molecule has 2 atom stereocenters. The summed E-state index contributed by atoms with van der Waals surface area (Å²) in [7, 11) is 2.30. The SMILES string of the molecule is CCC[C@@H]1CC[C@H](C(C)C)N(C)CC1. The fourth-order valence-corrected chi connectivity index (χ4v) is 2.86. The maximum atomic E-state index is 2.58. The molecule has 0 radical (unpaired) electrons. The maximum Gasteiger partial charge on any atom is 0.0115 e.